The third-order valence-corrected chi connectivity index (χ3v) is 21.9. The Labute approximate surface area is 205 Å². The van der Waals surface area contributed by atoms with Crippen molar-refractivity contribution in [2.45, 2.75) is 110 Å². The second-order valence-corrected chi connectivity index (χ2v) is 31.8. The molecule has 0 saturated heterocycles. The molecule has 0 rings (SSSR count). The lowest BCUT2D eigenvalue weighted by molar-refractivity contribution is 0.0686. The number of hydrogen-bond acceptors (Lipinski definition) is 6. The average molecular weight is 543 g/mol. The summed E-state index contributed by atoms with van der Waals surface area (Å²) in [7, 11) is -8.66. The molecule has 0 bridgehead atoms. The Bertz CT molecular complexity index is 476. The van der Waals surface area contributed by atoms with E-state index >= 15 is 0 Å². The van der Waals surface area contributed by atoms with E-state index in [-0.39, 0.29) is 0 Å². The van der Waals surface area contributed by atoms with E-state index in [1.165, 1.54) is 19.3 Å². The van der Waals surface area contributed by atoms with Crippen molar-refractivity contribution in [1.82, 2.24) is 0 Å². The van der Waals surface area contributed by atoms with E-state index in [1.807, 2.05) is 0 Å². The summed E-state index contributed by atoms with van der Waals surface area (Å²) in [6.07, 6.45) is 5.85. The van der Waals surface area contributed by atoms with Gasteiger partial charge in [0.25, 0.3) is 0 Å². The molecular weight excluding hydrogens is 489 g/mol. The Morgan fingerprint density at radius 1 is 0.469 bits per heavy atom. The van der Waals surface area contributed by atoms with E-state index in [2.05, 4.69) is 72.0 Å². The van der Waals surface area contributed by atoms with Crippen LogP contribution in [0.1, 0.15) is 32.1 Å². The van der Waals surface area contributed by atoms with Crippen LogP contribution in [0, 0.1) is 0 Å². The molecule has 0 aliphatic rings. The van der Waals surface area contributed by atoms with Gasteiger partial charge in [0.15, 0.2) is 16.6 Å². The zero-order valence-corrected chi connectivity index (χ0v) is 28.3. The third-order valence-electron chi connectivity index (χ3n) is 4.38. The number of ether oxygens (including phenoxy) is 2. The minimum absolute atomic E-state index is 0.672. The first kappa shape index (κ1) is 32.8. The van der Waals surface area contributed by atoms with Crippen molar-refractivity contribution in [2.24, 2.45) is 0 Å². The quantitative estimate of drug-likeness (QED) is 0.132. The number of rotatable bonds is 19. The monoisotopic (exact) mass is 542 g/mol. The van der Waals surface area contributed by atoms with Crippen LogP contribution in [-0.4, -0.2) is 69.2 Å². The van der Waals surface area contributed by atoms with Gasteiger partial charge in [0.2, 0.25) is 0 Å². The second kappa shape index (κ2) is 14.4. The SMILES string of the molecule is COCCOCCCCCCC[Si](C)(O[Si](C)(C)O[Si](C)(C)C)O[Si](C)(C)O[Si](C)(C)C. The molecule has 0 aromatic carbocycles. The van der Waals surface area contributed by atoms with E-state index < -0.39 is 42.3 Å². The molecular formula is C21H54O6Si5. The Balaban J connectivity index is 4.86. The van der Waals surface area contributed by atoms with E-state index in [9.17, 15) is 0 Å². The number of hydrogen-bond donors (Lipinski definition) is 0. The van der Waals surface area contributed by atoms with Gasteiger partial charge in [-0.1, -0.05) is 25.7 Å². The predicted molar refractivity (Wildman–Crippen MR) is 148 cm³/mol. The van der Waals surface area contributed by atoms with Crippen LogP contribution < -0.4 is 0 Å². The smallest absolute Gasteiger partial charge is 0.317 e. The minimum Gasteiger partial charge on any atom is -0.437 e. The maximum atomic E-state index is 6.84. The normalized spacial score (nSPS) is 14.2. The van der Waals surface area contributed by atoms with Gasteiger partial charge in [-0.25, -0.2) is 0 Å². The molecule has 6 nitrogen and oxygen atoms in total. The van der Waals surface area contributed by atoms with Crippen molar-refractivity contribution in [3.63, 3.8) is 0 Å². The Kier molecular flexibility index (Phi) is 14.8. The molecule has 0 atom stereocenters. The minimum atomic E-state index is -2.43. The van der Waals surface area contributed by atoms with Crippen LogP contribution in [-0.2, 0) is 25.9 Å². The first-order chi connectivity index (χ1) is 14.4. The van der Waals surface area contributed by atoms with E-state index in [0.29, 0.717) is 13.2 Å². The molecule has 0 aliphatic heterocycles. The van der Waals surface area contributed by atoms with Gasteiger partial charge in [-0.3, -0.25) is 0 Å². The van der Waals surface area contributed by atoms with Gasteiger partial charge in [-0.05, 0) is 84.5 Å². The first-order valence-electron chi connectivity index (χ1n) is 12.3. The lowest BCUT2D eigenvalue weighted by Crippen LogP contribution is -2.59. The van der Waals surface area contributed by atoms with Gasteiger partial charge in [0.05, 0.1) is 13.2 Å². The summed E-state index contributed by atoms with van der Waals surface area (Å²) in [6.45, 7) is 26.5. The standard InChI is InChI=1S/C21H54O6Si5/c1-22-19-20-23-18-16-14-13-15-17-21-32(12,26-30(8,9)24-28(2,3)4)27-31(10,11)25-29(5,6)7/h13-21H2,1-12H3. The van der Waals surface area contributed by atoms with Crippen LogP contribution in [0.2, 0.25) is 78.1 Å². The molecule has 0 radical (unpaired) electrons. The third kappa shape index (κ3) is 19.2. The van der Waals surface area contributed by atoms with Gasteiger partial charge >= 0.3 is 25.7 Å². The van der Waals surface area contributed by atoms with E-state index in [0.717, 1.165) is 25.5 Å². The van der Waals surface area contributed by atoms with Gasteiger partial charge in [-0.15, -0.1) is 0 Å². The Morgan fingerprint density at radius 3 is 1.34 bits per heavy atom. The lowest BCUT2D eigenvalue weighted by Gasteiger charge is -2.43. The summed E-state index contributed by atoms with van der Waals surface area (Å²) in [6, 6.07) is 0.994. The van der Waals surface area contributed by atoms with Crippen molar-refractivity contribution < 1.29 is 25.9 Å². The highest BCUT2D eigenvalue weighted by Gasteiger charge is 2.46. The molecule has 0 heterocycles. The molecule has 32 heavy (non-hydrogen) atoms. The van der Waals surface area contributed by atoms with Crippen molar-refractivity contribution in [3.8, 4) is 0 Å². The summed E-state index contributed by atoms with van der Waals surface area (Å²) in [5, 5.41) is 0. The highest BCUT2D eigenvalue weighted by atomic mass is 28.5. The maximum absolute atomic E-state index is 6.84. The van der Waals surface area contributed by atoms with Crippen LogP contribution in [0.25, 0.3) is 0 Å². The van der Waals surface area contributed by atoms with E-state index in [4.69, 9.17) is 25.9 Å². The fourth-order valence-corrected chi connectivity index (χ4v) is 27.6. The molecule has 0 aliphatic carbocycles. The molecule has 0 aromatic rings. The van der Waals surface area contributed by atoms with Crippen LogP contribution >= 0.6 is 0 Å². The predicted octanol–water partition coefficient (Wildman–Crippen LogP) is 6.81. The number of unbranched alkanes of at least 4 members (excludes halogenated alkanes) is 4. The van der Waals surface area contributed by atoms with Gasteiger partial charge in [-0.2, -0.15) is 0 Å². The summed E-state index contributed by atoms with van der Waals surface area (Å²) in [4.78, 5) is 0. The zero-order valence-electron chi connectivity index (χ0n) is 23.3. The van der Waals surface area contributed by atoms with Crippen molar-refractivity contribution in [3.05, 3.63) is 0 Å². The van der Waals surface area contributed by atoms with Crippen LogP contribution in [0.5, 0.6) is 0 Å². The van der Waals surface area contributed by atoms with Gasteiger partial charge in [0, 0.05) is 13.7 Å². The summed E-state index contributed by atoms with van der Waals surface area (Å²) in [5.41, 5.74) is 0. The molecule has 194 valence electrons. The summed E-state index contributed by atoms with van der Waals surface area (Å²) >= 11 is 0. The fraction of sp³-hybridized carbons (Fsp3) is 1.00. The summed E-state index contributed by atoms with van der Waals surface area (Å²) in [5.74, 6) is 0. The molecule has 0 fully saturated rings. The number of methoxy groups -OCH3 is 1. The lowest BCUT2D eigenvalue weighted by atomic mass is 10.2. The fourth-order valence-electron chi connectivity index (χ4n) is 4.10. The van der Waals surface area contributed by atoms with Crippen molar-refractivity contribution in [1.29, 1.82) is 0 Å². The topological polar surface area (TPSA) is 55.4 Å². The van der Waals surface area contributed by atoms with Crippen LogP contribution in [0.3, 0.4) is 0 Å². The highest BCUT2D eigenvalue weighted by Crippen LogP contribution is 2.30. The van der Waals surface area contributed by atoms with Crippen molar-refractivity contribution in [2.75, 3.05) is 26.9 Å². The molecule has 0 N–H and O–H groups in total. The first-order valence-corrected chi connectivity index (χ1v) is 27.2. The van der Waals surface area contributed by atoms with Crippen LogP contribution in [0.15, 0.2) is 0 Å². The molecule has 0 unspecified atom stereocenters. The molecule has 0 aromatic heterocycles. The zero-order chi connectivity index (χ0) is 25.1. The molecule has 11 heteroatoms. The van der Waals surface area contributed by atoms with Crippen LogP contribution in [0.4, 0.5) is 0 Å². The molecule has 0 amide bonds. The molecule has 0 spiro atoms. The van der Waals surface area contributed by atoms with Crippen molar-refractivity contribution >= 4 is 42.3 Å². The Hall–Kier alpha value is 0.844. The molecule has 0 saturated carbocycles. The van der Waals surface area contributed by atoms with E-state index in [1.54, 1.807) is 7.11 Å². The maximum Gasteiger partial charge on any atom is 0.317 e. The average Bonchev–Trinajstić information content (AvgIpc) is 2.50. The largest absolute Gasteiger partial charge is 0.437 e. The Morgan fingerprint density at radius 2 is 0.906 bits per heavy atom. The highest BCUT2D eigenvalue weighted by molar-refractivity contribution is 6.90. The second-order valence-electron chi connectivity index (χ2n) is 11.7. The van der Waals surface area contributed by atoms with Gasteiger partial charge in [0.1, 0.15) is 0 Å². The van der Waals surface area contributed by atoms with Gasteiger partial charge < -0.3 is 25.9 Å². The summed E-state index contributed by atoms with van der Waals surface area (Å²) < 4.78 is 37.3.